The van der Waals surface area contributed by atoms with Gasteiger partial charge in [-0.15, -0.1) is 11.3 Å². The van der Waals surface area contributed by atoms with Crippen molar-refractivity contribution >= 4 is 28.1 Å². The Labute approximate surface area is 126 Å². The van der Waals surface area contributed by atoms with E-state index < -0.39 is 0 Å². The molecular formula is C16H15N3OS. The van der Waals surface area contributed by atoms with E-state index in [-0.39, 0.29) is 5.91 Å². The van der Waals surface area contributed by atoms with Crippen molar-refractivity contribution in [3.05, 3.63) is 52.3 Å². The first-order chi connectivity index (χ1) is 10.3. The third-order valence-corrected chi connectivity index (χ3v) is 4.70. The number of aromatic nitrogens is 2. The average Bonchev–Trinajstić information content (AvgIpc) is 3.02. The second-order valence-electron chi connectivity index (χ2n) is 5.42. The maximum Gasteiger partial charge on any atom is 0.254 e. The van der Waals surface area contributed by atoms with Gasteiger partial charge >= 0.3 is 0 Å². The van der Waals surface area contributed by atoms with Crippen LogP contribution >= 0.6 is 11.3 Å². The maximum absolute atomic E-state index is 12.8. The van der Waals surface area contributed by atoms with Gasteiger partial charge in [0, 0.05) is 21.9 Å². The Hall–Kier alpha value is -2.14. The quantitative estimate of drug-likeness (QED) is 0.802. The van der Waals surface area contributed by atoms with Crippen LogP contribution in [-0.2, 0) is 6.54 Å². The summed E-state index contributed by atoms with van der Waals surface area (Å²) in [4.78, 5) is 16.1. The molecular weight excluding hydrogens is 282 g/mol. The zero-order valence-corrected chi connectivity index (χ0v) is 12.3. The van der Waals surface area contributed by atoms with E-state index in [4.69, 9.17) is 0 Å². The minimum atomic E-state index is 0.113. The largest absolute Gasteiger partial charge is 0.331 e. The van der Waals surface area contributed by atoms with Gasteiger partial charge < -0.3 is 4.90 Å². The van der Waals surface area contributed by atoms with Gasteiger partial charge in [0.25, 0.3) is 5.91 Å². The summed E-state index contributed by atoms with van der Waals surface area (Å²) in [6.45, 7) is 0.710. The molecule has 2 heterocycles. The van der Waals surface area contributed by atoms with E-state index in [2.05, 4.69) is 21.6 Å². The van der Waals surface area contributed by atoms with E-state index in [0.717, 1.165) is 29.3 Å². The van der Waals surface area contributed by atoms with Gasteiger partial charge in [-0.1, -0.05) is 12.1 Å². The van der Waals surface area contributed by atoms with Crippen molar-refractivity contribution in [2.24, 2.45) is 0 Å². The predicted molar refractivity (Wildman–Crippen MR) is 83.3 cm³/mol. The van der Waals surface area contributed by atoms with Crippen LogP contribution in [0.1, 0.15) is 28.1 Å². The highest BCUT2D eigenvalue weighted by Crippen LogP contribution is 2.31. The normalized spacial score (nSPS) is 14.5. The predicted octanol–water partition coefficient (Wildman–Crippen LogP) is 3.43. The summed E-state index contributed by atoms with van der Waals surface area (Å²) in [6, 6.07) is 10.3. The van der Waals surface area contributed by atoms with Gasteiger partial charge in [0.05, 0.1) is 18.3 Å². The van der Waals surface area contributed by atoms with E-state index in [9.17, 15) is 4.79 Å². The highest BCUT2D eigenvalue weighted by molar-refractivity contribution is 7.09. The fraction of sp³-hybridized carbons (Fsp3) is 0.250. The number of carbonyl (C=O) groups is 1. The standard InChI is InChI=1S/C16H15N3OS/c20-16(11-3-4-12-9-17-18-15(12)8-11)19(13-5-6-13)10-14-2-1-7-21-14/h1-4,7-9,13H,5-6,10H2,(H,17,18). The summed E-state index contributed by atoms with van der Waals surface area (Å²) >= 11 is 1.70. The van der Waals surface area contributed by atoms with Gasteiger partial charge in [0.2, 0.25) is 0 Å². The molecule has 0 radical (unpaired) electrons. The van der Waals surface area contributed by atoms with Crippen molar-refractivity contribution in [3.8, 4) is 0 Å². The highest BCUT2D eigenvalue weighted by atomic mass is 32.1. The zero-order chi connectivity index (χ0) is 14.2. The number of nitrogens with zero attached hydrogens (tertiary/aromatic N) is 2. The molecule has 2 aromatic heterocycles. The summed E-state index contributed by atoms with van der Waals surface area (Å²) in [6.07, 6.45) is 4.00. The summed E-state index contributed by atoms with van der Waals surface area (Å²) in [5.41, 5.74) is 1.64. The van der Waals surface area contributed by atoms with Crippen LogP contribution < -0.4 is 0 Å². The molecule has 106 valence electrons. The molecule has 1 amide bonds. The number of thiophene rings is 1. The molecule has 1 saturated carbocycles. The molecule has 1 aliphatic rings. The van der Waals surface area contributed by atoms with E-state index in [1.165, 1.54) is 4.88 Å². The molecule has 1 aliphatic carbocycles. The molecule has 1 N–H and O–H groups in total. The number of rotatable bonds is 4. The first-order valence-electron chi connectivity index (χ1n) is 7.08. The van der Waals surface area contributed by atoms with E-state index in [0.29, 0.717) is 12.6 Å². The molecule has 4 nitrogen and oxygen atoms in total. The number of fused-ring (bicyclic) bond motifs is 1. The first kappa shape index (κ1) is 12.6. The number of nitrogens with one attached hydrogen (secondary N) is 1. The Bertz CT molecular complexity index is 774. The summed E-state index contributed by atoms with van der Waals surface area (Å²) < 4.78 is 0. The lowest BCUT2D eigenvalue weighted by molar-refractivity contribution is 0.0732. The summed E-state index contributed by atoms with van der Waals surface area (Å²) in [5.74, 6) is 0.113. The SMILES string of the molecule is O=C(c1ccc2cn[nH]c2c1)N(Cc1cccs1)C1CC1. The van der Waals surface area contributed by atoms with Crippen molar-refractivity contribution in [1.82, 2.24) is 15.1 Å². The second kappa shape index (κ2) is 5.00. The van der Waals surface area contributed by atoms with Crippen molar-refractivity contribution in [2.75, 3.05) is 0 Å². The minimum absolute atomic E-state index is 0.113. The van der Waals surface area contributed by atoms with Crippen LogP contribution in [0.2, 0.25) is 0 Å². The molecule has 0 aliphatic heterocycles. The zero-order valence-electron chi connectivity index (χ0n) is 11.5. The topological polar surface area (TPSA) is 49.0 Å². The van der Waals surface area contributed by atoms with E-state index in [1.54, 1.807) is 17.5 Å². The molecule has 3 aromatic rings. The van der Waals surface area contributed by atoms with Gasteiger partial charge in [0.1, 0.15) is 0 Å². The molecule has 0 atom stereocenters. The van der Waals surface area contributed by atoms with Gasteiger partial charge in [-0.25, -0.2) is 0 Å². The number of benzene rings is 1. The van der Waals surface area contributed by atoms with Crippen molar-refractivity contribution in [1.29, 1.82) is 0 Å². The van der Waals surface area contributed by atoms with Crippen molar-refractivity contribution in [3.63, 3.8) is 0 Å². The number of aromatic amines is 1. The van der Waals surface area contributed by atoms with Crippen LogP contribution in [0.15, 0.2) is 41.9 Å². The molecule has 1 aromatic carbocycles. The molecule has 0 unspecified atom stereocenters. The minimum Gasteiger partial charge on any atom is -0.331 e. The number of amides is 1. The molecule has 21 heavy (non-hydrogen) atoms. The summed E-state index contributed by atoms with van der Waals surface area (Å²) in [5, 5.41) is 10.0. The van der Waals surface area contributed by atoms with Crippen molar-refractivity contribution < 1.29 is 4.79 Å². The average molecular weight is 297 g/mol. The lowest BCUT2D eigenvalue weighted by Gasteiger charge is -2.22. The van der Waals surface area contributed by atoms with Crippen LogP contribution in [-0.4, -0.2) is 27.0 Å². The second-order valence-corrected chi connectivity index (χ2v) is 6.45. The Kier molecular flexibility index (Phi) is 3.00. The fourth-order valence-corrected chi connectivity index (χ4v) is 3.26. The maximum atomic E-state index is 12.8. The lowest BCUT2D eigenvalue weighted by atomic mass is 10.1. The van der Waals surface area contributed by atoms with Gasteiger partial charge in [-0.3, -0.25) is 9.89 Å². The Morgan fingerprint density at radius 2 is 2.29 bits per heavy atom. The third-order valence-electron chi connectivity index (χ3n) is 3.84. The Morgan fingerprint density at radius 3 is 3.05 bits per heavy atom. The monoisotopic (exact) mass is 297 g/mol. The molecule has 5 heteroatoms. The van der Waals surface area contributed by atoms with Crippen LogP contribution in [0.5, 0.6) is 0 Å². The Morgan fingerprint density at radius 1 is 1.38 bits per heavy atom. The van der Waals surface area contributed by atoms with E-state index in [1.807, 2.05) is 29.2 Å². The van der Waals surface area contributed by atoms with E-state index >= 15 is 0 Å². The van der Waals surface area contributed by atoms with Crippen LogP contribution in [0.3, 0.4) is 0 Å². The molecule has 0 saturated heterocycles. The molecule has 4 rings (SSSR count). The number of H-pyrrole nitrogens is 1. The third kappa shape index (κ3) is 2.45. The van der Waals surface area contributed by atoms with Crippen LogP contribution in [0.25, 0.3) is 10.9 Å². The number of hydrogen-bond donors (Lipinski definition) is 1. The number of carbonyl (C=O) groups excluding carboxylic acids is 1. The fourth-order valence-electron chi connectivity index (χ4n) is 2.56. The molecule has 1 fully saturated rings. The van der Waals surface area contributed by atoms with Crippen LogP contribution in [0, 0.1) is 0 Å². The van der Waals surface area contributed by atoms with Gasteiger partial charge in [0.15, 0.2) is 0 Å². The first-order valence-corrected chi connectivity index (χ1v) is 7.96. The highest BCUT2D eigenvalue weighted by Gasteiger charge is 2.33. The number of hydrogen-bond acceptors (Lipinski definition) is 3. The molecule has 0 spiro atoms. The smallest absolute Gasteiger partial charge is 0.254 e. The summed E-state index contributed by atoms with van der Waals surface area (Å²) in [7, 11) is 0. The lowest BCUT2D eigenvalue weighted by Crippen LogP contribution is -2.32. The van der Waals surface area contributed by atoms with Gasteiger partial charge in [-0.05, 0) is 36.4 Å². The van der Waals surface area contributed by atoms with Crippen LogP contribution in [0.4, 0.5) is 0 Å². The Balaban J connectivity index is 1.63. The van der Waals surface area contributed by atoms with Gasteiger partial charge in [-0.2, -0.15) is 5.10 Å². The van der Waals surface area contributed by atoms with Crippen molar-refractivity contribution in [2.45, 2.75) is 25.4 Å². The molecule has 0 bridgehead atoms.